The van der Waals surface area contributed by atoms with E-state index in [1.807, 2.05) is 13.8 Å². The van der Waals surface area contributed by atoms with Crippen molar-refractivity contribution in [3.63, 3.8) is 0 Å². The summed E-state index contributed by atoms with van der Waals surface area (Å²) in [5, 5.41) is 13.7. The Kier molecular flexibility index (Phi) is 3.94. The van der Waals surface area contributed by atoms with E-state index in [4.69, 9.17) is 11.6 Å². The van der Waals surface area contributed by atoms with Crippen LogP contribution in [0.25, 0.3) is 0 Å². The fourth-order valence-corrected chi connectivity index (χ4v) is 4.15. The molecule has 2 aliphatic rings. The second-order valence-corrected chi connectivity index (χ2v) is 7.58. The zero-order valence-corrected chi connectivity index (χ0v) is 15.0. The number of hydrogen-bond donors (Lipinski definition) is 2. The molecule has 2 N–H and O–H groups in total. The van der Waals surface area contributed by atoms with Gasteiger partial charge < -0.3 is 4.90 Å². The molecule has 1 saturated carbocycles. The second kappa shape index (κ2) is 6.01. The molecule has 2 unspecified atom stereocenters. The van der Waals surface area contributed by atoms with Gasteiger partial charge in [0.1, 0.15) is 5.69 Å². The van der Waals surface area contributed by atoms with Crippen molar-refractivity contribution < 1.29 is 4.79 Å². The van der Waals surface area contributed by atoms with E-state index >= 15 is 0 Å². The molecule has 2 fully saturated rings. The number of rotatable bonds is 4. The van der Waals surface area contributed by atoms with Gasteiger partial charge in [0.05, 0.1) is 17.3 Å². The molecule has 2 aromatic heterocycles. The van der Waals surface area contributed by atoms with Crippen LogP contribution < -0.4 is 5.69 Å². The summed E-state index contributed by atoms with van der Waals surface area (Å²) in [5.74, 6) is 1.35. The molecule has 2 atom stereocenters. The quantitative estimate of drug-likeness (QED) is 0.868. The summed E-state index contributed by atoms with van der Waals surface area (Å²) < 4.78 is 1.65. The molecule has 9 heteroatoms. The van der Waals surface area contributed by atoms with Gasteiger partial charge in [0.25, 0.3) is 5.91 Å². The van der Waals surface area contributed by atoms with Crippen molar-refractivity contribution in [2.75, 3.05) is 6.54 Å². The van der Waals surface area contributed by atoms with Gasteiger partial charge in [-0.15, -0.1) is 0 Å². The maximum Gasteiger partial charge on any atom is 0.343 e. The van der Waals surface area contributed by atoms with Crippen LogP contribution in [-0.2, 0) is 0 Å². The number of nitrogens with zero attached hydrogens (tertiary/aromatic N) is 4. The van der Waals surface area contributed by atoms with Gasteiger partial charge in [0.2, 0.25) is 0 Å². The number of aromatic amines is 2. The highest BCUT2D eigenvalue weighted by molar-refractivity contribution is 6.33. The summed E-state index contributed by atoms with van der Waals surface area (Å²) in [7, 11) is 0. The summed E-state index contributed by atoms with van der Waals surface area (Å²) in [4.78, 5) is 27.0. The van der Waals surface area contributed by atoms with Crippen LogP contribution in [0.4, 0.5) is 0 Å². The van der Waals surface area contributed by atoms with Gasteiger partial charge in [0, 0.05) is 12.6 Å². The standard InChI is InChI=1S/C16H21ClN6O2/c1-8(2)23-14(20-21-16(23)25)13-10(9-3-4-9)5-6-22(13)15(24)12-11(17)7-18-19-12/h7-10,13H,3-6H2,1-2H3,(H,18,19)(H,21,25). The predicted octanol–water partition coefficient (Wildman–Crippen LogP) is 2.14. The molecule has 1 amide bonds. The minimum absolute atomic E-state index is 0.0330. The first kappa shape index (κ1) is 16.4. The molecule has 1 aliphatic carbocycles. The third kappa shape index (κ3) is 2.68. The first-order valence-electron chi connectivity index (χ1n) is 8.65. The van der Waals surface area contributed by atoms with Crippen molar-refractivity contribution >= 4 is 17.5 Å². The van der Waals surface area contributed by atoms with Crippen LogP contribution in [0.15, 0.2) is 11.0 Å². The van der Waals surface area contributed by atoms with Crippen LogP contribution >= 0.6 is 11.6 Å². The van der Waals surface area contributed by atoms with Crippen molar-refractivity contribution in [3.05, 3.63) is 33.2 Å². The second-order valence-electron chi connectivity index (χ2n) is 7.18. The number of carbonyl (C=O) groups excluding carboxylic acids is 1. The molecule has 0 spiro atoms. The number of halogens is 1. The highest BCUT2D eigenvalue weighted by atomic mass is 35.5. The molecule has 0 aromatic carbocycles. The van der Waals surface area contributed by atoms with E-state index in [1.165, 1.54) is 19.0 Å². The lowest BCUT2D eigenvalue weighted by molar-refractivity contribution is 0.0693. The van der Waals surface area contributed by atoms with E-state index in [2.05, 4.69) is 20.4 Å². The fourth-order valence-electron chi connectivity index (χ4n) is 3.98. The minimum atomic E-state index is -0.238. The molecule has 2 aromatic rings. The lowest BCUT2D eigenvalue weighted by Crippen LogP contribution is -2.36. The minimum Gasteiger partial charge on any atom is -0.327 e. The van der Waals surface area contributed by atoms with Gasteiger partial charge >= 0.3 is 5.69 Å². The zero-order valence-electron chi connectivity index (χ0n) is 14.2. The summed E-state index contributed by atoms with van der Waals surface area (Å²) >= 11 is 6.09. The molecule has 1 aliphatic heterocycles. The molecule has 8 nitrogen and oxygen atoms in total. The van der Waals surface area contributed by atoms with Crippen LogP contribution in [-0.4, -0.2) is 42.3 Å². The number of aromatic nitrogens is 5. The predicted molar refractivity (Wildman–Crippen MR) is 91.4 cm³/mol. The fraction of sp³-hybridized carbons (Fsp3) is 0.625. The number of amides is 1. The molecule has 0 radical (unpaired) electrons. The zero-order chi connectivity index (χ0) is 17.7. The Morgan fingerprint density at radius 3 is 2.68 bits per heavy atom. The van der Waals surface area contributed by atoms with E-state index < -0.39 is 0 Å². The first-order chi connectivity index (χ1) is 12.0. The Morgan fingerprint density at radius 1 is 1.32 bits per heavy atom. The largest absolute Gasteiger partial charge is 0.343 e. The van der Waals surface area contributed by atoms with E-state index in [-0.39, 0.29) is 29.4 Å². The van der Waals surface area contributed by atoms with Crippen LogP contribution in [0, 0.1) is 11.8 Å². The van der Waals surface area contributed by atoms with Gasteiger partial charge in [-0.25, -0.2) is 9.89 Å². The molecule has 4 rings (SSSR count). The van der Waals surface area contributed by atoms with Crippen LogP contribution in [0.1, 0.15) is 61.5 Å². The first-order valence-corrected chi connectivity index (χ1v) is 9.03. The van der Waals surface area contributed by atoms with E-state index in [0.29, 0.717) is 29.2 Å². The van der Waals surface area contributed by atoms with Crippen LogP contribution in [0.5, 0.6) is 0 Å². The summed E-state index contributed by atoms with van der Waals surface area (Å²) in [6.45, 7) is 4.51. The molecular formula is C16H21ClN6O2. The SMILES string of the molecule is CC(C)n1c(C2C(C3CC3)CCN2C(=O)c2[nH]ncc2Cl)n[nH]c1=O. The lowest BCUT2D eigenvalue weighted by atomic mass is 9.94. The summed E-state index contributed by atoms with van der Waals surface area (Å²) in [5.41, 5.74) is 0.0514. The van der Waals surface area contributed by atoms with Gasteiger partial charge in [-0.05, 0) is 44.9 Å². The van der Waals surface area contributed by atoms with E-state index in [0.717, 1.165) is 6.42 Å². The van der Waals surface area contributed by atoms with Crippen molar-refractivity contribution in [2.45, 2.75) is 45.2 Å². The maximum atomic E-state index is 13.0. The van der Waals surface area contributed by atoms with E-state index in [1.54, 1.807) is 9.47 Å². The third-order valence-electron chi connectivity index (χ3n) is 5.25. The van der Waals surface area contributed by atoms with Crippen molar-refractivity contribution in [2.24, 2.45) is 11.8 Å². The number of hydrogen-bond acceptors (Lipinski definition) is 4. The average Bonchev–Trinajstić information content (AvgIpc) is 3.00. The molecular weight excluding hydrogens is 344 g/mol. The number of carbonyl (C=O) groups is 1. The van der Waals surface area contributed by atoms with E-state index in [9.17, 15) is 9.59 Å². The Hall–Kier alpha value is -2.09. The van der Waals surface area contributed by atoms with Gasteiger partial charge in [0.15, 0.2) is 5.82 Å². The molecule has 25 heavy (non-hydrogen) atoms. The summed E-state index contributed by atoms with van der Waals surface area (Å²) in [6.07, 6.45) is 4.68. The average molecular weight is 365 g/mol. The van der Waals surface area contributed by atoms with Crippen molar-refractivity contribution in [3.8, 4) is 0 Å². The third-order valence-corrected chi connectivity index (χ3v) is 5.54. The van der Waals surface area contributed by atoms with Gasteiger partial charge in [-0.2, -0.15) is 10.2 Å². The van der Waals surface area contributed by atoms with Crippen LogP contribution in [0.2, 0.25) is 5.02 Å². The number of nitrogens with one attached hydrogen (secondary N) is 2. The Labute approximate surface area is 149 Å². The molecule has 0 bridgehead atoms. The topological polar surface area (TPSA) is 99.7 Å². The number of likely N-dealkylation sites (tertiary alicyclic amines) is 1. The highest BCUT2D eigenvalue weighted by Crippen LogP contribution is 2.50. The summed E-state index contributed by atoms with van der Waals surface area (Å²) in [6, 6.07) is -0.255. The lowest BCUT2D eigenvalue weighted by Gasteiger charge is -2.28. The Balaban J connectivity index is 1.76. The number of H-pyrrole nitrogens is 2. The highest BCUT2D eigenvalue weighted by Gasteiger charge is 2.48. The smallest absolute Gasteiger partial charge is 0.327 e. The normalized spacial score (nSPS) is 23.6. The van der Waals surface area contributed by atoms with Crippen molar-refractivity contribution in [1.29, 1.82) is 0 Å². The molecule has 134 valence electrons. The Bertz CT molecular complexity index is 849. The van der Waals surface area contributed by atoms with Gasteiger partial charge in [-0.3, -0.25) is 14.5 Å². The van der Waals surface area contributed by atoms with Gasteiger partial charge in [-0.1, -0.05) is 11.6 Å². The maximum absolute atomic E-state index is 13.0. The molecule has 1 saturated heterocycles. The monoisotopic (exact) mass is 364 g/mol. The van der Waals surface area contributed by atoms with Crippen LogP contribution in [0.3, 0.4) is 0 Å². The molecule has 3 heterocycles. The van der Waals surface area contributed by atoms with Crippen molar-refractivity contribution in [1.82, 2.24) is 29.9 Å². The Morgan fingerprint density at radius 2 is 2.08 bits per heavy atom.